The smallest absolute Gasteiger partial charge is 0.267 e. The van der Waals surface area contributed by atoms with Crippen LogP contribution in [0.1, 0.15) is 11.5 Å². The molecule has 0 aliphatic rings. The molecule has 2 aromatic carbocycles. The summed E-state index contributed by atoms with van der Waals surface area (Å²) in [5.41, 5.74) is 1.62. The lowest BCUT2D eigenvalue weighted by atomic mass is 10.2. The summed E-state index contributed by atoms with van der Waals surface area (Å²) in [7, 11) is 4.77. The Hall–Kier alpha value is -3.55. The molecule has 0 unspecified atom stereocenters. The Bertz CT molecular complexity index is 906. The predicted molar refractivity (Wildman–Crippen MR) is 98.2 cm³/mol. The van der Waals surface area contributed by atoms with Crippen LogP contribution in [-0.2, 0) is 11.4 Å². The van der Waals surface area contributed by atoms with Gasteiger partial charge in [-0.3, -0.25) is 0 Å². The number of nitrogens with zero attached hydrogens (tertiary/aromatic N) is 3. The second-order valence-electron chi connectivity index (χ2n) is 5.36. The van der Waals surface area contributed by atoms with Crippen molar-refractivity contribution in [2.24, 2.45) is 5.16 Å². The zero-order valence-corrected chi connectivity index (χ0v) is 15.2. The Morgan fingerprint density at radius 1 is 0.963 bits per heavy atom. The molecule has 0 N–H and O–H groups in total. The summed E-state index contributed by atoms with van der Waals surface area (Å²) in [6, 6.07) is 12.8. The number of hydrogen-bond acceptors (Lipinski definition) is 8. The quantitative estimate of drug-likeness (QED) is 0.444. The van der Waals surface area contributed by atoms with Gasteiger partial charge in [-0.2, -0.15) is 4.98 Å². The lowest BCUT2D eigenvalue weighted by Crippen LogP contribution is -1.93. The van der Waals surface area contributed by atoms with Crippen LogP contribution in [0, 0.1) is 0 Å². The van der Waals surface area contributed by atoms with E-state index in [0.29, 0.717) is 23.2 Å². The maximum atomic E-state index is 5.24. The van der Waals surface area contributed by atoms with Gasteiger partial charge < -0.3 is 23.6 Å². The lowest BCUT2D eigenvalue weighted by molar-refractivity contribution is 0.107. The Balaban J connectivity index is 1.57. The second-order valence-corrected chi connectivity index (χ2v) is 5.36. The van der Waals surface area contributed by atoms with E-state index in [9.17, 15) is 0 Å². The van der Waals surface area contributed by atoms with Crippen molar-refractivity contribution in [3.05, 3.63) is 53.9 Å². The Kier molecular flexibility index (Phi) is 5.88. The van der Waals surface area contributed by atoms with E-state index in [1.165, 1.54) is 0 Å². The van der Waals surface area contributed by atoms with Crippen LogP contribution < -0.4 is 14.2 Å². The van der Waals surface area contributed by atoms with Gasteiger partial charge in [0.25, 0.3) is 5.89 Å². The van der Waals surface area contributed by atoms with Gasteiger partial charge in [0, 0.05) is 11.1 Å². The molecule has 0 bridgehead atoms. The largest absolute Gasteiger partial charge is 0.497 e. The van der Waals surface area contributed by atoms with Crippen molar-refractivity contribution in [1.29, 1.82) is 0 Å². The monoisotopic (exact) mass is 369 g/mol. The second kappa shape index (κ2) is 8.70. The number of hydrogen-bond donors (Lipinski definition) is 0. The highest BCUT2D eigenvalue weighted by molar-refractivity contribution is 5.80. The number of benzene rings is 2. The number of ether oxygens (including phenoxy) is 3. The first-order valence-electron chi connectivity index (χ1n) is 8.08. The molecule has 27 heavy (non-hydrogen) atoms. The molecule has 0 saturated heterocycles. The van der Waals surface area contributed by atoms with Crippen LogP contribution in [0.3, 0.4) is 0 Å². The Labute approximate surface area is 156 Å². The Morgan fingerprint density at radius 2 is 1.74 bits per heavy atom. The van der Waals surface area contributed by atoms with Gasteiger partial charge in [0.2, 0.25) is 5.82 Å². The molecule has 3 rings (SSSR count). The Morgan fingerprint density at radius 3 is 2.44 bits per heavy atom. The zero-order valence-electron chi connectivity index (χ0n) is 15.2. The molecular formula is C19H19N3O5. The molecule has 8 nitrogen and oxygen atoms in total. The molecule has 8 heteroatoms. The van der Waals surface area contributed by atoms with Gasteiger partial charge in [0.05, 0.1) is 27.5 Å². The lowest BCUT2D eigenvalue weighted by Gasteiger charge is -2.07. The van der Waals surface area contributed by atoms with Crippen LogP contribution in [0.4, 0.5) is 0 Å². The first-order valence-corrected chi connectivity index (χ1v) is 8.08. The van der Waals surface area contributed by atoms with Crippen LogP contribution in [-0.4, -0.2) is 37.7 Å². The van der Waals surface area contributed by atoms with E-state index in [0.717, 1.165) is 16.9 Å². The average Bonchev–Trinajstić information content (AvgIpc) is 3.20. The number of rotatable bonds is 8. The summed E-state index contributed by atoms with van der Waals surface area (Å²) in [5, 5.41) is 7.84. The molecule has 1 aromatic heterocycles. The molecule has 1 heterocycles. The van der Waals surface area contributed by atoms with Crippen molar-refractivity contribution in [3.8, 4) is 28.6 Å². The minimum absolute atomic E-state index is 0.0624. The maximum Gasteiger partial charge on any atom is 0.267 e. The van der Waals surface area contributed by atoms with Gasteiger partial charge in [-0.15, -0.1) is 0 Å². The highest BCUT2D eigenvalue weighted by Crippen LogP contribution is 2.27. The molecule has 0 fully saturated rings. The molecule has 0 amide bonds. The number of methoxy groups -OCH3 is 3. The summed E-state index contributed by atoms with van der Waals surface area (Å²) in [5.74, 6) is 2.82. The van der Waals surface area contributed by atoms with Crippen molar-refractivity contribution >= 4 is 6.21 Å². The van der Waals surface area contributed by atoms with Crippen LogP contribution in [0.2, 0.25) is 0 Å². The van der Waals surface area contributed by atoms with Gasteiger partial charge in [-0.25, -0.2) is 0 Å². The van der Waals surface area contributed by atoms with Crippen molar-refractivity contribution in [3.63, 3.8) is 0 Å². The van der Waals surface area contributed by atoms with Crippen LogP contribution in [0.15, 0.2) is 52.1 Å². The van der Waals surface area contributed by atoms with Crippen molar-refractivity contribution in [1.82, 2.24) is 10.1 Å². The fraction of sp³-hybridized carbons (Fsp3) is 0.211. The van der Waals surface area contributed by atoms with E-state index in [1.54, 1.807) is 39.7 Å². The van der Waals surface area contributed by atoms with E-state index in [2.05, 4.69) is 15.3 Å². The molecular weight excluding hydrogens is 350 g/mol. The SMILES string of the molecule is COc1ccc(-c2noc(CO/N=C\c3ccc(OC)c(OC)c3)n2)cc1. The minimum atomic E-state index is 0.0624. The fourth-order valence-electron chi connectivity index (χ4n) is 2.29. The van der Waals surface area contributed by atoms with Crippen LogP contribution in [0.5, 0.6) is 17.2 Å². The highest BCUT2D eigenvalue weighted by atomic mass is 16.6. The first-order chi connectivity index (χ1) is 13.2. The zero-order chi connectivity index (χ0) is 19.1. The fourth-order valence-corrected chi connectivity index (χ4v) is 2.29. The molecule has 0 spiro atoms. The van der Waals surface area contributed by atoms with E-state index < -0.39 is 0 Å². The molecule has 0 radical (unpaired) electrons. The summed E-state index contributed by atoms with van der Waals surface area (Å²) in [6.07, 6.45) is 1.56. The summed E-state index contributed by atoms with van der Waals surface area (Å²) >= 11 is 0. The normalized spacial score (nSPS) is 10.8. The minimum Gasteiger partial charge on any atom is -0.497 e. The van der Waals surface area contributed by atoms with E-state index in [-0.39, 0.29) is 6.61 Å². The molecule has 0 saturated carbocycles. The van der Waals surface area contributed by atoms with Gasteiger partial charge in [-0.1, -0.05) is 10.3 Å². The van der Waals surface area contributed by atoms with Gasteiger partial charge >= 0.3 is 0 Å². The molecule has 140 valence electrons. The maximum absolute atomic E-state index is 5.24. The van der Waals surface area contributed by atoms with E-state index in [1.807, 2.05) is 30.3 Å². The summed E-state index contributed by atoms with van der Waals surface area (Å²) in [4.78, 5) is 9.50. The molecule has 0 atom stereocenters. The van der Waals surface area contributed by atoms with Gasteiger partial charge in [-0.05, 0) is 42.5 Å². The average molecular weight is 369 g/mol. The van der Waals surface area contributed by atoms with Gasteiger partial charge in [0.15, 0.2) is 18.1 Å². The van der Waals surface area contributed by atoms with Crippen molar-refractivity contribution in [2.75, 3.05) is 21.3 Å². The third-order valence-corrected chi connectivity index (χ3v) is 3.69. The van der Waals surface area contributed by atoms with Gasteiger partial charge in [0.1, 0.15) is 5.75 Å². The number of aromatic nitrogens is 2. The highest BCUT2D eigenvalue weighted by Gasteiger charge is 2.09. The van der Waals surface area contributed by atoms with Crippen LogP contribution >= 0.6 is 0 Å². The number of oxime groups is 1. The third kappa shape index (κ3) is 4.55. The molecule has 0 aliphatic heterocycles. The van der Waals surface area contributed by atoms with E-state index >= 15 is 0 Å². The first kappa shape index (κ1) is 18.2. The standard InChI is InChI=1S/C19H19N3O5/c1-23-15-7-5-14(6-8-15)19-21-18(27-22-19)12-26-20-11-13-4-9-16(24-2)17(10-13)25-3/h4-11H,12H2,1-3H3/b20-11-. The van der Waals surface area contributed by atoms with E-state index in [4.69, 9.17) is 23.6 Å². The van der Waals surface area contributed by atoms with Crippen LogP contribution in [0.25, 0.3) is 11.4 Å². The van der Waals surface area contributed by atoms with Crippen molar-refractivity contribution in [2.45, 2.75) is 6.61 Å². The topological polar surface area (TPSA) is 88.2 Å². The molecule has 3 aromatic rings. The third-order valence-electron chi connectivity index (χ3n) is 3.69. The summed E-state index contributed by atoms with van der Waals surface area (Å²) < 4.78 is 20.7. The van der Waals surface area contributed by atoms with Crippen molar-refractivity contribution < 1.29 is 23.6 Å². The summed E-state index contributed by atoms with van der Waals surface area (Å²) in [6.45, 7) is 0.0624. The predicted octanol–water partition coefficient (Wildman–Crippen LogP) is 3.31. The molecule has 0 aliphatic carbocycles.